The summed E-state index contributed by atoms with van der Waals surface area (Å²) >= 11 is 0. The molecule has 0 radical (unpaired) electrons. The van der Waals surface area contributed by atoms with Gasteiger partial charge in [-0.1, -0.05) is 154 Å². The van der Waals surface area contributed by atoms with Crippen molar-refractivity contribution in [3.63, 3.8) is 0 Å². The quantitative estimate of drug-likeness (QED) is 0.0160. The number of esters is 1. The lowest BCUT2D eigenvalue weighted by atomic mass is 9.70. The number of carbonyl (C=O) groups is 2. The SMILES string of the molecule is COC(=O)[C@H]1[C@@H](O)[C@@]2(O)c3c(OC)cc(OCCCCNC(=O)OCC(C)(C)SSCCCCCCCCCCCCCCCCCCOP(=O)([O-])OCC[N+](C)(C)C)cc3O[C@@]2(c2ccc(OC)cc2)[C@@H]1c1ccccc1. The second kappa shape index (κ2) is 32.1. The summed E-state index contributed by atoms with van der Waals surface area (Å²) in [6.45, 7) is 6.14. The first kappa shape index (κ1) is 65.1. The molecule has 1 amide bonds. The van der Waals surface area contributed by atoms with E-state index in [-0.39, 0.29) is 35.0 Å². The number of phosphoric ester groups is 1. The molecule has 3 aromatic rings. The average Bonchev–Trinajstić information content (AvgIpc) is 3.89. The summed E-state index contributed by atoms with van der Waals surface area (Å²) < 4.78 is 57.5. The summed E-state index contributed by atoms with van der Waals surface area (Å²) in [6.07, 6.45) is 18.5. The Morgan fingerprint density at radius 3 is 1.91 bits per heavy atom. The number of fused-ring (bicyclic) bond motifs is 3. The number of aliphatic hydroxyl groups excluding tert-OH is 1. The average molecular weight is 1150 g/mol. The van der Waals surface area contributed by atoms with Gasteiger partial charge in [-0.05, 0) is 62.8 Å². The third-order valence-corrected chi connectivity index (χ3v) is 18.9. The number of alkyl carbamates (subject to hydrolysis) is 1. The number of nitrogens with zero attached hydrogens (tertiary/aromatic N) is 1. The Labute approximate surface area is 473 Å². The lowest BCUT2D eigenvalue weighted by molar-refractivity contribution is -0.870. The number of benzene rings is 3. The number of hydrogen-bond donors (Lipinski definition) is 3. The molecule has 0 aromatic heterocycles. The zero-order valence-electron chi connectivity index (χ0n) is 47.8. The van der Waals surface area contributed by atoms with E-state index in [1.807, 2.05) is 62.3 Å². The van der Waals surface area contributed by atoms with Gasteiger partial charge in [-0.2, -0.15) is 0 Å². The fourth-order valence-electron chi connectivity index (χ4n) is 10.4. The second-order valence-corrected chi connectivity index (χ2v) is 26.8. The number of likely N-dealkylation sites (N-methyl/N-ethyl adjacent to an activating group) is 1. The third kappa shape index (κ3) is 18.9. The monoisotopic (exact) mass is 1150 g/mol. The van der Waals surface area contributed by atoms with Crippen LogP contribution in [0.15, 0.2) is 66.7 Å². The zero-order valence-corrected chi connectivity index (χ0v) is 50.3. The molecule has 0 saturated heterocycles. The molecule has 16 nitrogen and oxygen atoms in total. The number of ether oxygens (including phenoxy) is 6. The van der Waals surface area contributed by atoms with Gasteiger partial charge in [-0.15, -0.1) is 0 Å². The first-order valence-electron chi connectivity index (χ1n) is 28.2. The number of methoxy groups -OCH3 is 3. The number of quaternary nitrogens is 1. The largest absolute Gasteiger partial charge is 0.756 e. The Bertz CT molecular complexity index is 2310. The summed E-state index contributed by atoms with van der Waals surface area (Å²) in [7, 11) is 9.65. The maximum Gasteiger partial charge on any atom is 0.407 e. The van der Waals surface area contributed by atoms with Crippen molar-refractivity contribution < 1.29 is 71.2 Å². The molecule has 1 heterocycles. The van der Waals surface area contributed by atoms with Gasteiger partial charge in [0.05, 0.1) is 71.9 Å². The molecule has 6 atom stereocenters. The molecule has 0 bridgehead atoms. The van der Waals surface area contributed by atoms with Crippen LogP contribution >= 0.6 is 29.4 Å². The number of amides is 1. The van der Waals surface area contributed by atoms with Crippen LogP contribution in [-0.4, -0.2) is 125 Å². The highest BCUT2D eigenvalue weighted by atomic mass is 33.1. The van der Waals surface area contributed by atoms with Crippen LogP contribution in [0, 0.1) is 5.92 Å². The Hall–Kier alpha value is -3.71. The van der Waals surface area contributed by atoms with Crippen molar-refractivity contribution in [3.8, 4) is 23.0 Å². The number of nitrogens with one attached hydrogen (secondary N) is 1. The molecule has 3 aromatic carbocycles. The lowest BCUT2D eigenvalue weighted by Gasteiger charge is -2.40. The van der Waals surface area contributed by atoms with Crippen molar-refractivity contribution in [1.29, 1.82) is 0 Å². The molecule has 1 unspecified atom stereocenters. The van der Waals surface area contributed by atoms with E-state index >= 15 is 0 Å². The highest BCUT2D eigenvalue weighted by Gasteiger charge is 2.78. The van der Waals surface area contributed by atoms with Crippen LogP contribution in [0.5, 0.6) is 23.0 Å². The van der Waals surface area contributed by atoms with Gasteiger partial charge in [-0.25, -0.2) is 4.79 Å². The number of unbranched alkanes of at least 4 members (excludes halogenated alkanes) is 16. The summed E-state index contributed by atoms with van der Waals surface area (Å²) in [4.78, 5) is 38.1. The standard InChI is InChI=1S/C59H91N2O14PS2/c1-57(2,78-77-41-29-22-20-18-16-14-12-10-9-11-13-15-17-19-21-27-39-73-76(66,67)74-40-37-61(3,4)5)44-72-56(64)60-36-26-28-38-71-48-42-49(69-7)53-50(43-48)75-59(46-32-34-47(68-6)35-33-46)52(45-30-24-23-25-31-45)51(55(63)70-8)54(62)58(53,59)65/h23-25,30-35,42-43,51-52,54,62,65H,9-22,26-29,36-41,44H2,1-8H3,(H-,60,64,66,67)/t51-,52-,54-,58+,59+/m1/s1. The van der Waals surface area contributed by atoms with E-state index in [4.69, 9.17) is 37.5 Å². The maximum atomic E-state index is 13.6. The van der Waals surface area contributed by atoms with Crippen molar-refractivity contribution in [2.45, 2.75) is 157 Å². The molecule has 19 heteroatoms. The van der Waals surface area contributed by atoms with Gasteiger partial charge in [0.1, 0.15) is 48.9 Å². The van der Waals surface area contributed by atoms with E-state index < -0.39 is 49.0 Å². The molecule has 0 spiro atoms. The zero-order chi connectivity index (χ0) is 56.7. The van der Waals surface area contributed by atoms with Gasteiger partial charge in [-0.3, -0.25) is 9.36 Å². The highest BCUT2D eigenvalue weighted by molar-refractivity contribution is 8.77. The Morgan fingerprint density at radius 2 is 1.33 bits per heavy atom. The fraction of sp³-hybridized carbons (Fsp3) is 0.661. The summed E-state index contributed by atoms with van der Waals surface area (Å²) in [5.74, 6) is -0.282. The fourth-order valence-corrected chi connectivity index (χ4v) is 13.6. The molecule has 1 aliphatic carbocycles. The molecule has 1 aliphatic heterocycles. The van der Waals surface area contributed by atoms with Gasteiger partial charge < -0.3 is 62.4 Å². The molecule has 5 rings (SSSR count). The Balaban J connectivity index is 0.903. The molecule has 1 saturated carbocycles. The van der Waals surface area contributed by atoms with Gasteiger partial charge >= 0.3 is 12.1 Å². The van der Waals surface area contributed by atoms with Crippen molar-refractivity contribution in [3.05, 3.63) is 83.4 Å². The molecule has 3 N–H and O–H groups in total. The molecule has 78 heavy (non-hydrogen) atoms. The third-order valence-electron chi connectivity index (χ3n) is 14.5. The van der Waals surface area contributed by atoms with E-state index in [0.717, 1.165) is 25.0 Å². The van der Waals surface area contributed by atoms with E-state index in [1.165, 1.54) is 97.7 Å². The predicted molar refractivity (Wildman–Crippen MR) is 307 cm³/mol. The highest BCUT2D eigenvalue weighted by Crippen LogP contribution is 2.70. The minimum atomic E-state index is -4.20. The first-order chi connectivity index (χ1) is 37.3. The molecular weight excluding hydrogens is 1060 g/mol. The van der Waals surface area contributed by atoms with Crippen LogP contribution in [-0.2, 0) is 39.1 Å². The van der Waals surface area contributed by atoms with Crippen molar-refractivity contribution in [1.82, 2.24) is 5.32 Å². The molecule has 2 aliphatic rings. The van der Waals surface area contributed by atoms with Gasteiger partial charge in [0.2, 0.25) is 0 Å². The van der Waals surface area contributed by atoms with Crippen molar-refractivity contribution in [2.75, 3.05) is 87.7 Å². The van der Waals surface area contributed by atoms with Crippen molar-refractivity contribution in [2.24, 2.45) is 5.92 Å². The van der Waals surface area contributed by atoms with Crippen molar-refractivity contribution >= 4 is 41.5 Å². The predicted octanol–water partition coefficient (Wildman–Crippen LogP) is 11.6. The summed E-state index contributed by atoms with van der Waals surface area (Å²) in [5.41, 5.74) is -2.53. The number of aliphatic hydroxyl groups is 2. The molecular formula is C59H91N2O14PS2. The van der Waals surface area contributed by atoms with Crippen LogP contribution < -0.4 is 29.2 Å². The van der Waals surface area contributed by atoms with Crippen LogP contribution in [0.1, 0.15) is 152 Å². The van der Waals surface area contributed by atoms with Crippen LogP contribution in [0.25, 0.3) is 0 Å². The molecule has 1 fully saturated rings. The second-order valence-electron chi connectivity index (χ2n) is 22.2. The van der Waals surface area contributed by atoms with Gasteiger partial charge in [0, 0.05) is 30.3 Å². The van der Waals surface area contributed by atoms with E-state index in [2.05, 4.69) is 19.2 Å². The normalized spacial score (nSPS) is 20.5. The lowest BCUT2D eigenvalue weighted by Crippen LogP contribution is -2.52. The maximum absolute atomic E-state index is 13.6. The van der Waals surface area contributed by atoms with Crippen LogP contribution in [0.2, 0.25) is 0 Å². The topological polar surface area (TPSA) is 201 Å². The number of phosphoric acid groups is 1. The van der Waals surface area contributed by atoms with E-state index in [1.54, 1.807) is 54.3 Å². The molecule has 438 valence electrons. The summed E-state index contributed by atoms with van der Waals surface area (Å²) in [6, 6.07) is 19.5. The Kier molecular flexibility index (Phi) is 26.8. The smallest absolute Gasteiger partial charge is 0.407 e. The van der Waals surface area contributed by atoms with Crippen LogP contribution in [0.3, 0.4) is 0 Å². The van der Waals surface area contributed by atoms with E-state index in [9.17, 15) is 29.3 Å². The summed E-state index contributed by atoms with van der Waals surface area (Å²) in [5, 5.41) is 28.2. The minimum absolute atomic E-state index is 0.138. The first-order valence-corrected chi connectivity index (χ1v) is 31.9. The van der Waals surface area contributed by atoms with E-state index in [0.29, 0.717) is 66.3 Å². The number of rotatable bonds is 39. The minimum Gasteiger partial charge on any atom is -0.756 e. The number of hydrogen-bond acceptors (Lipinski definition) is 16. The Morgan fingerprint density at radius 1 is 0.756 bits per heavy atom. The van der Waals surface area contributed by atoms with Crippen LogP contribution in [0.4, 0.5) is 4.79 Å². The number of carbonyl (C=O) groups excluding carboxylic acids is 2. The van der Waals surface area contributed by atoms with Gasteiger partial charge in [0.15, 0.2) is 11.2 Å². The van der Waals surface area contributed by atoms with Gasteiger partial charge in [0.25, 0.3) is 7.82 Å².